The van der Waals surface area contributed by atoms with Gasteiger partial charge in [-0.15, -0.1) is 0 Å². The van der Waals surface area contributed by atoms with Crippen LogP contribution in [0, 0.1) is 0 Å². The van der Waals surface area contributed by atoms with Gasteiger partial charge in [-0.2, -0.15) is 0 Å². The molecule has 0 fully saturated rings. The van der Waals surface area contributed by atoms with Crippen molar-refractivity contribution < 1.29 is 0 Å². The highest BCUT2D eigenvalue weighted by Gasteiger charge is 2.40. The predicted molar refractivity (Wildman–Crippen MR) is 85.6 cm³/mol. The number of likely N-dealkylation sites (N-methyl/N-ethyl adjacent to an activating group) is 1. The number of hydrogen-bond acceptors (Lipinski definition) is 4. The Morgan fingerprint density at radius 2 is 1.63 bits per heavy atom. The van der Waals surface area contributed by atoms with Crippen molar-refractivity contribution in [2.45, 2.75) is 71.1 Å². The Hall–Kier alpha value is -0.160. The molecule has 0 aromatic rings. The van der Waals surface area contributed by atoms with E-state index in [1.165, 1.54) is 0 Å². The van der Waals surface area contributed by atoms with Crippen molar-refractivity contribution in [2.24, 2.45) is 5.73 Å². The largest absolute Gasteiger partial charge is 0.327 e. The van der Waals surface area contributed by atoms with Crippen LogP contribution in [-0.4, -0.2) is 55.2 Å². The number of rotatable bonds is 9. The molecule has 0 bridgehead atoms. The summed E-state index contributed by atoms with van der Waals surface area (Å²) >= 11 is 0. The Morgan fingerprint density at radius 1 is 1.11 bits per heavy atom. The zero-order chi connectivity index (χ0) is 15.3. The maximum Gasteiger partial charge on any atom is 0.0330 e. The first kappa shape index (κ1) is 18.8. The lowest BCUT2D eigenvalue weighted by Gasteiger charge is -2.49. The first-order chi connectivity index (χ1) is 8.56. The van der Waals surface area contributed by atoms with Crippen LogP contribution >= 0.6 is 0 Å². The second-order valence-electron chi connectivity index (χ2n) is 6.81. The van der Waals surface area contributed by atoms with Crippen LogP contribution in [0.4, 0.5) is 0 Å². The summed E-state index contributed by atoms with van der Waals surface area (Å²) in [7, 11) is 4.29. The molecular formula is C15H36N4. The van der Waals surface area contributed by atoms with Gasteiger partial charge in [0, 0.05) is 36.3 Å². The normalized spacial score (nSPS) is 19.3. The lowest BCUT2D eigenvalue weighted by atomic mass is 9.77. The lowest BCUT2D eigenvalue weighted by molar-refractivity contribution is 0.0673. The van der Waals surface area contributed by atoms with Gasteiger partial charge >= 0.3 is 0 Å². The third-order valence-corrected chi connectivity index (χ3v) is 4.76. The zero-order valence-corrected chi connectivity index (χ0v) is 14.3. The van der Waals surface area contributed by atoms with Crippen molar-refractivity contribution in [3.8, 4) is 0 Å². The molecule has 19 heavy (non-hydrogen) atoms. The van der Waals surface area contributed by atoms with Gasteiger partial charge in [-0.25, -0.2) is 0 Å². The second-order valence-corrected chi connectivity index (χ2v) is 6.81. The molecule has 0 saturated carbocycles. The fourth-order valence-electron chi connectivity index (χ4n) is 2.11. The second kappa shape index (κ2) is 7.58. The van der Waals surface area contributed by atoms with E-state index < -0.39 is 0 Å². The molecule has 4 heteroatoms. The van der Waals surface area contributed by atoms with Crippen molar-refractivity contribution in [1.29, 1.82) is 0 Å². The molecule has 0 saturated heterocycles. The molecule has 3 unspecified atom stereocenters. The van der Waals surface area contributed by atoms with Crippen LogP contribution in [0.3, 0.4) is 0 Å². The van der Waals surface area contributed by atoms with Gasteiger partial charge in [0.15, 0.2) is 0 Å². The average Bonchev–Trinajstić information content (AvgIpc) is 2.32. The van der Waals surface area contributed by atoms with Crippen molar-refractivity contribution in [3.63, 3.8) is 0 Å². The van der Waals surface area contributed by atoms with Gasteiger partial charge in [0.25, 0.3) is 0 Å². The highest BCUT2D eigenvalue weighted by atomic mass is 15.2. The van der Waals surface area contributed by atoms with E-state index in [2.05, 4.69) is 64.2 Å². The van der Waals surface area contributed by atoms with Gasteiger partial charge < -0.3 is 21.3 Å². The quantitative estimate of drug-likeness (QED) is 0.594. The van der Waals surface area contributed by atoms with E-state index in [9.17, 15) is 0 Å². The lowest BCUT2D eigenvalue weighted by Crippen LogP contribution is -2.65. The third-order valence-electron chi connectivity index (χ3n) is 4.76. The van der Waals surface area contributed by atoms with Crippen LogP contribution in [0.5, 0.6) is 0 Å². The van der Waals surface area contributed by atoms with E-state index in [1.54, 1.807) is 0 Å². The fraction of sp³-hybridized carbons (Fsp3) is 1.00. The molecular weight excluding hydrogens is 236 g/mol. The molecule has 0 aliphatic carbocycles. The van der Waals surface area contributed by atoms with Crippen molar-refractivity contribution in [2.75, 3.05) is 27.2 Å². The minimum atomic E-state index is 0.0841. The van der Waals surface area contributed by atoms with Crippen LogP contribution in [0.15, 0.2) is 0 Å². The van der Waals surface area contributed by atoms with Crippen molar-refractivity contribution >= 4 is 0 Å². The Balaban J connectivity index is 4.48. The summed E-state index contributed by atoms with van der Waals surface area (Å²) in [6, 6.07) is 0.632. The summed E-state index contributed by atoms with van der Waals surface area (Å²) in [6.45, 7) is 15.2. The Kier molecular flexibility index (Phi) is 7.51. The van der Waals surface area contributed by atoms with Crippen LogP contribution in [0.2, 0.25) is 0 Å². The highest BCUT2D eigenvalue weighted by Crippen LogP contribution is 2.29. The summed E-state index contributed by atoms with van der Waals surface area (Å²) in [5.74, 6) is 0. The first-order valence-electron chi connectivity index (χ1n) is 7.48. The summed E-state index contributed by atoms with van der Waals surface area (Å²) in [5.41, 5.74) is 5.95. The maximum absolute atomic E-state index is 5.77. The standard InChI is InChI=1S/C15H36N4/c1-9-15(6,14(4,5)19(7)8)18-11-13(3)17-10-12(2)16/h12-13,17-18H,9-11,16H2,1-8H3. The van der Waals surface area contributed by atoms with Gasteiger partial charge in [-0.3, -0.25) is 0 Å². The van der Waals surface area contributed by atoms with E-state index in [0.29, 0.717) is 6.04 Å². The maximum atomic E-state index is 5.77. The van der Waals surface area contributed by atoms with Gasteiger partial charge in [0.1, 0.15) is 0 Å². The molecule has 0 aromatic heterocycles. The molecule has 0 aliphatic heterocycles. The molecule has 0 radical (unpaired) electrons. The first-order valence-corrected chi connectivity index (χ1v) is 7.48. The molecule has 4 nitrogen and oxygen atoms in total. The number of nitrogens with two attached hydrogens (primary N) is 1. The number of nitrogens with one attached hydrogen (secondary N) is 2. The van der Waals surface area contributed by atoms with Gasteiger partial charge in [0.2, 0.25) is 0 Å². The Bertz CT molecular complexity index is 251. The van der Waals surface area contributed by atoms with Gasteiger partial charge in [-0.05, 0) is 55.1 Å². The van der Waals surface area contributed by atoms with E-state index >= 15 is 0 Å². The fourth-order valence-corrected chi connectivity index (χ4v) is 2.11. The van der Waals surface area contributed by atoms with Crippen molar-refractivity contribution in [3.05, 3.63) is 0 Å². The topological polar surface area (TPSA) is 53.3 Å². The molecule has 116 valence electrons. The van der Waals surface area contributed by atoms with Gasteiger partial charge in [-0.1, -0.05) is 6.92 Å². The molecule has 0 rings (SSSR count). The van der Waals surface area contributed by atoms with Crippen LogP contribution in [0.1, 0.15) is 48.0 Å². The minimum Gasteiger partial charge on any atom is -0.327 e. The van der Waals surface area contributed by atoms with Crippen LogP contribution in [0.25, 0.3) is 0 Å². The predicted octanol–water partition coefficient (Wildman–Crippen LogP) is 1.41. The molecule has 0 aliphatic rings. The monoisotopic (exact) mass is 272 g/mol. The summed E-state index contributed by atoms with van der Waals surface area (Å²) in [6.07, 6.45) is 1.10. The minimum absolute atomic E-state index is 0.0841. The van der Waals surface area contributed by atoms with E-state index in [1.807, 2.05) is 6.92 Å². The number of hydrogen-bond donors (Lipinski definition) is 3. The van der Waals surface area contributed by atoms with Crippen LogP contribution < -0.4 is 16.4 Å². The summed E-state index contributed by atoms with van der Waals surface area (Å²) < 4.78 is 0. The highest BCUT2D eigenvalue weighted by molar-refractivity contribution is 5.02. The molecule has 4 N–H and O–H groups in total. The van der Waals surface area contributed by atoms with Crippen LogP contribution in [-0.2, 0) is 0 Å². The summed E-state index contributed by atoms with van der Waals surface area (Å²) in [5, 5.41) is 7.20. The molecule has 0 heterocycles. The van der Waals surface area contributed by atoms with Gasteiger partial charge in [0.05, 0.1) is 0 Å². The Morgan fingerprint density at radius 3 is 2.00 bits per heavy atom. The SMILES string of the molecule is CCC(C)(NCC(C)NCC(C)N)C(C)(C)N(C)C. The van der Waals surface area contributed by atoms with E-state index in [-0.39, 0.29) is 17.1 Å². The van der Waals surface area contributed by atoms with E-state index in [4.69, 9.17) is 5.73 Å². The molecule has 3 atom stereocenters. The third kappa shape index (κ3) is 5.38. The number of nitrogens with zero attached hydrogens (tertiary/aromatic N) is 1. The summed E-state index contributed by atoms with van der Waals surface area (Å²) in [4.78, 5) is 2.30. The smallest absolute Gasteiger partial charge is 0.0330 e. The zero-order valence-electron chi connectivity index (χ0n) is 14.3. The molecule has 0 aromatic carbocycles. The molecule has 0 spiro atoms. The Labute approximate surface area is 120 Å². The van der Waals surface area contributed by atoms with E-state index in [0.717, 1.165) is 19.5 Å². The average molecular weight is 272 g/mol. The van der Waals surface area contributed by atoms with Crippen molar-refractivity contribution in [1.82, 2.24) is 15.5 Å². The molecule has 0 amide bonds.